The van der Waals surface area contributed by atoms with Gasteiger partial charge in [-0.2, -0.15) is 0 Å². The number of aromatic amines is 1. The molecule has 5 heteroatoms. The monoisotopic (exact) mass is 293 g/mol. The van der Waals surface area contributed by atoms with E-state index in [1.54, 1.807) is 6.92 Å². The SMILES string of the molecule is Cc1cc(=O)[nH]c(Nc2ccc(Oc3ccccc3)cc2)n1. The zero-order valence-corrected chi connectivity index (χ0v) is 12.0. The average molecular weight is 293 g/mol. The number of hydrogen-bond acceptors (Lipinski definition) is 4. The van der Waals surface area contributed by atoms with Crippen LogP contribution in [0.2, 0.25) is 0 Å². The topological polar surface area (TPSA) is 67.0 Å². The molecule has 5 nitrogen and oxygen atoms in total. The van der Waals surface area contributed by atoms with E-state index >= 15 is 0 Å². The lowest BCUT2D eigenvalue weighted by Crippen LogP contribution is -2.10. The Hall–Kier alpha value is -3.08. The molecule has 0 amide bonds. The number of nitrogens with one attached hydrogen (secondary N) is 2. The van der Waals surface area contributed by atoms with Gasteiger partial charge in [-0.3, -0.25) is 9.78 Å². The maximum atomic E-state index is 11.4. The smallest absolute Gasteiger partial charge is 0.252 e. The molecule has 0 saturated carbocycles. The van der Waals surface area contributed by atoms with Gasteiger partial charge < -0.3 is 10.1 Å². The van der Waals surface area contributed by atoms with Crippen molar-refractivity contribution in [2.45, 2.75) is 6.92 Å². The second-order valence-electron chi connectivity index (χ2n) is 4.80. The van der Waals surface area contributed by atoms with Gasteiger partial charge in [-0.1, -0.05) is 18.2 Å². The van der Waals surface area contributed by atoms with Crippen molar-refractivity contribution in [3.05, 3.63) is 76.7 Å². The van der Waals surface area contributed by atoms with E-state index in [1.165, 1.54) is 6.07 Å². The second kappa shape index (κ2) is 6.13. The summed E-state index contributed by atoms with van der Waals surface area (Å²) < 4.78 is 5.72. The standard InChI is InChI=1S/C17H15N3O2/c1-12-11-16(21)20-17(18-12)19-13-7-9-15(10-8-13)22-14-5-3-2-4-6-14/h2-11H,1H3,(H2,18,19,20,21). The Labute approximate surface area is 127 Å². The van der Waals surface area contributed by atoms with Crippen LogP contribution in [0.5, 0.6) is 11.5 Å². The van der Waals surface area contributed by atoms with Gasteiger partial charge in [0.15, 0.2) is 0 Å². The summed E-state index contributed by atoms with van der Waals surface area (Å²) in [5, 5.41) is 3.05. The maximum absolute atomic E-state index is 11.4. The Morgan fingerprint density at radius 3 is 2.36 bits per heavy atom. The van der Waals surface area contributed by atoms with Crippen LogP contribution in [0, 0.1) is 6.92 Å². The number of anilines is 2. The minimum atomic E-state index is -0.181. The van der Waals surface area contributed by atoms with E-state index in [-0.39, 0.29) is 5.56 Å². The molecule has 0 bridgehead atoms. The van der Waals surface area contributed by atoms with Crippen LogP contribution in [0.3, 0.4) is 0 Å². The van der Waals surface area contributed by atoms with Crippen LogP contribution in [0.15, 0.2) is 65.5 Å². The number of aromatic nitrogens is 2. The normalized spacial score (nSPS) is 10.2. The van der Waals surface area contributed by atoms with Crippen LogP contribution in [-0.2, 0) is 0 Å². The van der Waals surface area contributed by atoms with E-state index in [0.29, 0.717) is 11.6 Å². The molecular weight excluding hydrogens is 278 g/mol. The van der Waals surface area contributed by atoms with E-state index in [9.17, 15) is 4.79 Å². The van der Waals surface area contributed by atoms with E-state index in [4.69, 9.17) is 4.74 Å². The van der Waals surface area contributed by atoms with Gasteiger partial charge in [-0.15, -0.1) is 0 Å². The van der Waals surface area contributed by atoms with Crippen molar-refractivity contribution >= 4 is 11.6 Å². The van der Waals surface area contributed by atoms with Gasteiger partial charge in [-0.05, 0) is 43.3 Å². The lowest BCUT2D eigenvalue weighted by molar-refractivity contribution is 0.483. The van der Waals surface area contributed by atoms with E-state index in [2.05, 4.69) is 15.3 Å². The first-order chi connectivity index (χ1) is 10.7. The molecule has 1 heterocycles. The molecule has 0 aliphatic carbocycles. The Morgan fingerprint density at radius 1 is 1.00 bits per heavy atom. The van der Waals surface area contributed by atoms with Gasteiger partial charge in [0.2, 0.25) is 5.95 Å². The molecule has 0 fully saturated rings. The zero-order valence-electron chi connectivity index (χ0n) is 12.0. The molecule has 22 heavy (non-hydrogen) atoms. The van der Waals surface area contributed by atoms with Gasteiger partial charge in [0, 0.05) is 17.4 Å². The highest BCUT2D eigenvalue weighted by atomic mass is 16.5. The quantitative estimate of drug-likeness (QED) is 0.771. The first-order valence-electron chi connectivity index (χ1n) is 6.87. The van der Waals surface area contributed by atoms with E-state index < -0.39 is 0 Å². The molecule has 0 radical (unpaired) electrons. The highest BCUT2D eigenvalue weighted by molar-refractivity contribution is 5.54. The lowest BCUT2D eigenvalue weighted by Gasteiger charge is -2.08. The van der Waals surface area contributed by atoms with Crippen molar-refractivity contribution in [1.82, 2.24) is 9.97 Å². The number of aryl methyl sites for hydroxylation is 1. The average Bonchev–Trinajstić information content (AvgIpc) is 2.49. The van der Waals surface area contributed by atoms with Gasteiger partial charge in [0.25, 0.3) is 5.56 Å². The Bertz CT molecular complexity index is 811. The highest BCUT2D eigenvalue weighted by Gasteiger charge is 2.01. The predicted molar refractivity (Wildman–Crippen MR) is 85.8 cm³/mol. The Balaban J connectivity index is 1.72. The van der Waals surface area contributed by atoms with Crippen LogP contribution in [0.4, 0.5) is 11.6 Å². The number of benzene rings is 2. The molecule has 0 unspecified atom stereocenters. The minimum Gasteiger partial charge on any atom is -0.457 e. The molecule has 2 N–H and O–H groups in total. The third-order valence-electron chi connectivity index (χ3n) is 2.97. The molecule has 0 atom stereocenters. The summed E-state index contributed by atoms with van der Waals surface area (Å²) in [6.45, 7) is 1.78. The lowest BCUT2D eigenvalue weighted by atomic mass is 10.3. The summed E-state index contributed by atoms with van der Waals surface area (Å²) in [5.41, 5.74) is 1.29. The molecule has 0 spiro atoms. The number of para-hydroxylation sites is 1. The van der Waals surface area contributed by atoms with Crippen LogP contribution in [0.25, 0.3) is 0 Å². The summed E-state index contributed by atoms with van der Waals surface area (Å²) in [6.07, 6.45) is 0. The van der Waals surface area contributed by atoms with Crippen LogP contribution in [-0.4, -0.2) is 9.97 Å². The fraction of sp³-hybridized carbons (Fsp3) is 0.0588. The molecule has 0 aliphatic rings. The number of ether oxygens (including phenoxy) is 1. The van der Waals surface area contributed by atoms with Crippen molar-refractivity contribution in [3.8, 4) is 11.5 Å². The second-order valence-corrected chi connectivity index (χ2v) is 4.80. The summed E-state index contributed by atoms with van der Waals surface area (Å²) in [5.74, 6) is 1.94. The zero-order chi connectivity index (χ0) is 15.4. The van der Waals surface area contributed by atoms with E-state index in [1.807, 2.05) is 54.6 Å². The first kappa shape index (κ1) is 13.9. The van der Waals surface area contributed by atoms with Gasteiger partial charge >= 0.3 is 0 Å². The van der Waals surface area contributed by atoms with Gasteiger partial charge in [-0.25, -0.2) is 4.98 Å². The molecule has 0 aliphatic heterocycles. The van der Waals surface area contributed by atoms with Crippen molar-refractivity contribution in [2.75, 3.05) is 5.32 Å². The Morgan fingerprint density at radius 2 is 1.68 bits per heavy atom. The number of H-pyrrole nitrogens is 1. The van der Waals surface area contributed by atoms with Gasteiger partial charge in [0.05, 0.1) is 0 Å². The molecule has 2 aromatic carbocycles. The number of hydrogen-bond donors (Lipinski definition) is 2. The minimum absolute atomic E-state index is 0.181. The summed E-state index contributed by atoms with van der Waals surface area (Å²) in [4.78, 5) is 18.3. The van der Waals surface area contributed by atoms with Crippen molar-refractivity contribution in [3.63, 3.8) is 0 Å². The van der Waals surface area contributed by atoms with Crippen LogP contribution in [0.1, 0.15) is 5.69 Å². The van der Waals surface area contributed by atoms with E-state index in [0.717, 1.165) is 17.2 Å². The number of rotatable bonds is 4. The maximum Gasteiger partial charge on any atom is 0.252 e. The highest BCUT2D eigenvalue weighted by Crippen LogP contribution is 2.23. The molecule has 110 valence electrons. The molecule has 3 aromatic rings. The van der Waals surface area contributed by atoms with Gasteiger partial charge in [0.1, 0.15) is 11.5 Å². The van der Waals surface area contributed by atoms with Crippen LogP contribution < -0.4 is 15.6 Å². The first-order valence-corrected chi connectivity index (χ1v) is 6.87. The fourth-order valence-electron chi connectivity index (χ4n) is 2.01. The summed E-state index contributed by atoms with van der Waals surface area (Å²) in [6, 6.07) is 18.4. The third-order valence-corrected chi connectivity index (χ3v) is 2.97. The molecule has 0 saturated heterocycles. The fourth-order valence-corrected chi connectivity index (χ4v) is 2.01. The summed E-state index contributed by atoms with van der Waals surface area (Å²) >= 11 is 0. The van der Waals surface area contributed by atoms with Crippen LogP contribution >= 0.6 is 0 Å². The summed E-state index contributed by atoms with van der Waals surface area (Å²) in [7, 11) is 0. The van der Waals surface area contributed by atoms with Crippen molar-refractivity contribution < 1.29 is 4.74 Å². The predicted octanol–water partition coefficient (Wildman–Crippen LogP) is 3.61. The number of nitrogens with zero attached hydrogens (tertiary/aromatic N) is 1. The molecular formula is C17H15N3O2. The molecule has 1 aromatic heterocycles. The Kier molecular flexibility index (Phi) is 3.87. The molecule has 3 rings (SSSR count). The van der Waals surface area contributed by atoms with Crippen molar-refractivity contribution in [1.29, 1.82) is 0 Å². The third kappa shape index (κ3) is 3.52. The largest absolute Gasteiger partial charge is 0.457 e. The van der Waals surface area contributed by atoms with Crippen molar-refractivity contribution in [2.24, 2.45) is 0 Å².